The molecule has 1 fully saturated rings. The van der Waals surface area contributed by atoms with Gasteiger partial charge in [-0.1, -0.05) is 12.1 Å². The molecule has 0 radical (unpaired) electrons. The van der Waals surface area contributed by atoms with Gasteiger partial charge in [-0.05, 0) is 61.4 Å². The van der Waals surface area contributed by atoms with Crippen LogP contribution in [-0.4, -0.2) is 74.4 Å². The smallest absolute Gasteiger partial charge is 0.335 e. The summed E-state index contributed by atoms with van der Waals surface area (Å²) in [7, 11) is -1.68. The molecule has 2 aliphatic heterocycles. The number of carboxylic acids is 1. The highest BCUT2D eigenvalue weighted by Gasteiger charge is 2.30. The summed E-state index contributed by atoms with van der Waals surface area (Å²) in [6.45, 7) is 6.82. The van der Waals surface area contributed by atoms with Crippen molar-refractivity contribution >= 4 is 45.0 Å². The van der Waals surface area contributed by atoms with Gasteiger partial charge in [0.2, 0.25) is 0 Å². The maximum Gasteiger partial charge on any atom is 0.335 e. The van der Waals surface area contributed by atoms with Crippen molar-refractivity contribution in [2.75, 3.05) is 38.5 Å². The molecule has 2 amide bonds. The van der Waals surface area contributed by atoms with Crippen LogP contribution in [0.4, 0.5) is 5.69 Å². The largest absolute Gasteiger partial charge is 1.00 e. The second kappa shape index (κ2) is 11.5. The van der Waals surface area contributed by atoms with E-state index in [0.29, 0.717) is 52.4 Å². The molecule has 0 unspecified atom stereocenters. The summed E-state index contributed by atoms with van der Waals surface area (Å²) in [6, 6.07) is 10.2. The van der Waals surface area contributed by atoms with Gasteiger partial charge in [0.25, 0.3) is 11.8 Å². The Morgan fingerprint density at radius 3 is 2.37 bits per heavy atom. The zero-order valence-electron chi connectivity index (χ0n) is 22.9. The third kappa shape index (κ3) is 5.92. The minimum Gasteiger partial charge on any atom is -1.00 e. The number of sulfone groups is 1. The van der Waals surface area contributed by atoms with Crippen LogP contribution in [0.15, 0.2) is 47.4 Å². The van der Waals surface area contributed by atoms with Gasteiger partial charge in [-0.15, -0.1) is 0 Å². The molecule has 0 saturated carbocycles. The van der Waals surface area contributed by atoms with Gasteiger partial charge in [-0.2, -0.15) is 0 Å². The number of fused-ring (bicyclic) bond motifs is 1. The first kappa shape index (κ1) is 30.0. The lowest BCUT2D eigenvalue weighted by atomic mass is 10.0. The minimum absolute atomic E-state index is 0. The van der Waals surface area contributed by atoms with Crippen molar-refractivity contribution in [1.29, 1.82) is 0 Å². The molecule has 1 saturated heterocycles. The quantitative estimate of drug-likeness (QED) is 0.262. The van der Waals surface area contributed by atoms with Crippen molar-refractivity contribution in [2.45, 2.75) is 24.5 Å². The van der Waals surface area contributed by atoms with Gasteiger partial charge < -0.3 is 37.6 Å². The van der Waals surface area contributed by atoms with Crippen LogP contribution >= 0.6 is 0 Å². The molecule has 12 heteroatoms. The lowest BCUT2D eigenvalue weighted by Gasteiger charge is -2.30. The van der Waals surface area contributed by atoms with E-state index in [2.05, 4.69) is 17.3 Å². The summed E-state index contributed by atoms with van der Waals surface area (Å²) in [5, 5.41) is 11.9. The van der Waals surface area contributed by atoms with Crippen LogP contribution in [0, 0.1) is 13.8 Å². The maximum absolute atomic E-state index is 13.3. The minimum atomic E-state index is -3.79. The molecule has 1 aromatic heterocycles. The van der Waals surface area contributed by atoms with Crippen LogP contribution in [0.3, 0.4) is 0 Å². The van der Waals surface area contributed by atoms with Crippen molar-refractivity contribution < 1.29 is 45.2 Å². The fraction of sp³-hybridized carbons (Fsp3) is 0.276. The van der Waals surface area contributed by atoms with Crippen molar-refractivity contribution in [3.63, 3.8) is 0 Å². The maximum atomic E-state index is 13.3. The van der Waals surface area contributed by atoms with E-state index in [1.807, 2.05) is 18.7 Å². The number of amides is 2. The molecule has 3 heterocycles. The van der Waals surface area contributed by atoms with E-state index < -0.39 is 15.8 Å². The van der Waals surface area contributed by atoms with Gasteiger partial charge in [0.05, 0.1) is 60.6 Å². The molecular weight excluding hydrogens is 568 g/mol. The number of aryl methyl sites for hydroxylation is 1. The molecule has 2 aromatic carbocycles. The van der Waals surface area contributed by atoms with E-state index in [9.17, 15) is 22.8 Å². The SMILES string of the molecule is Cc1[nH]c(/C=C2\C(=O)Nc3ccc(S(=O)(=O)Cc4ccc(C(=O)O)cc4)cc32)c(C)c1C(=O)N1CC[NH+](C)CC1.[Cl-]. The van der Waals surface area contributed by atoms with Crippen LogP contribution in [0.5, 0.6) is 0 Å². The number of nitrogens with zero attached hydrogens (tertiary/aromatic N) is 1. The van der Waals surface area contributed by atoms with Crippen LogP contribution < -0.4 is 22.6 Å². The number of aromatic nitrogens is 1. The molecule has 0 atom stereocenters. The van der Waals surface area contributed by atoms with Crippen LogP contribution in [0.25, 0.3) is 11.6 Å². The second-order valence-electron chi connectivity index (χ2n) is 10.4. The Kier molecular flexibility index (Phi) is 8.44. The number of hydrogen-bond donors (Lipinski definition) is 4. The number of carbonyl (C=O) groups excluding carboxylic acids is 2. The number of nitrogens with one attached hydrogen (secondary N) is 3. The van der Waals surface area contributed by atoms with E-state index in [1.165, 1.54) is 41.3 Å². The Morgan fingerprint density at radius 1 is 1.07 bits per heavy atom. The zero-order valence-corrected chi connectivity index (χ0v) is 24.4. The number of piperazine rings is 1. The number of halogens is 1. The normalized spacial score (nSPS) is 16.3. The van der Waals surface area contributed by atoms with Gasteiger partial charge in [0.15, 0.2) is 9.84 Å². The van der Waals surface area contributed by atoms with E-state index in [-0.39, 0.29) is 40.4 Å². The lowest BCUT2D eigenvalue weighted by molar-refractivity contribution is -0.883. The van der Waals surface area contributed by atoms with Crippen molar-refractivity contribution in [3.8, 4) is 0 Å². The molecular formula is C29H31ClN4O6S. The van der Waals surface area contributed by atoms with Crippen molar-refractivity contribution in [3.05, 3.63) is 81.7 Å². The van der Waals surface area contributed by atoms with Gasteiger partial charge in [-0.3, -0.25) is 9.59 Å². The van der Waals surface area contributed by atoms with E-state index in [0.717, 1.165) is 18.7 Å². The molecule has 0 bridgehead atoms. The Labute approximate surface area is 244 Å². The average Bonchev–Trinajstić information content (AvgIpc) is 3.37. The first-order valence-corrected chi connectivity index (χ1v) is 14.6. The highest BCUT2D eigenvalue weighted by Crippen LogP contribution is 2.36. The first-order chi connectivity index (χ1) is 18.9. The first-order valence-electron chi connectivity index (χ1n) is 13.0. The van der Waals surface area contributed by atoms with Gasteiger partial charge >= 0.3 is 5.97 Å². The molecule has 41 heavy (non-hydrogen) atoms. The highest BCUT2D eigenvalue weighted by atomic mass is 35.5. The summed E-state index contributed by atoms with van der Waals surface area (Å²) >= 11 is 0. The number of rotatable bonds is 6. The molecule has 4 N–H and O–H groups in total. The summed E-state index contributed by atoms with van der Waals surface area (Å²) < 4.78 is 26.4. The van der Waals surface area contributed by atoms with Gasteiger partial charge in [-0.25, -0.2) is 13.2 Å². The highest BCUT2D eigenvalue weighted by molar-refractivity contribution is 7.90. The fourth-order valence-electron chi connectivity index (χ4n) is 5.18. The third-order valence-corrected chi connectivity index (χ3v) is 9.26. The standard InChI is InChI=1S/C29H30N4O6S.ClH/c1-17-25(30-18(2)26(17)28(35)33-12-10-32(3)11-13-33)15-23-22-14-21(8-9-24(22)31-27(23)34)40(38,39)16-19-4-6-20(7-5-19)29(36)37;/h4-9,14-15,30H,10-13,16H2,1-3H3,(H,31,34)(H,36,37);1H/b23-15-;. The van der Waals surface area contributed by atoms with E-state index in [1.54, 1.807) is 12.1 Å². The van der Waals surface area contributed by atoms with E-state index in [4.69, 9.17) is 5.11 Å². The summed E-state index contributed by atoms with van der Waals surface area (Å²) in [5.74, 6) is -1.81. The van der Waals surface area contributed by atoms with Crippen LogP contribution in [0.1, 0.15) is 48.8 Å². The van der Waals surface area contributed by atoms with Crippen LogP contribution in [-0.2, 0) is 20.4 Å². The number of aromatic amines is 1. The molecule has 0 aliphatic carbocycles. The number of carboxylic acid groups (broad SMARTS) is 1. The van der Waals surface area contributed by atoms with E-state index >= 15 is 0 Å². The predicted molar refractivity (Wildman–Crippen MR) is 150 cm³/mol. The lowest BCUT2D eigenvalue weighted by Crippen LogP contribution is -3.12. The monoisotopic (exact) mass is 598 g/mol. The summed E-state index contributed by atoms with van der Waals surface area (Å²) in [4.78, 5) is 43.9. The summed E-state index contributed by atoms with van der Waals surface area (Å²) in [6.07, 6.45) is 1.66. The molecule has 0 spiro atoms. The summed E-state index contributed by atoms with van der Waals surface area (Å²) in [5.41, 5.74) is 4.42. The Hall–Kier alpha value is -3.93. The second-order valence-corrected chi connectivity index (χ2v) is 12.4. The Balaban J connectivity index is 0.00000387. The van der Waals surface area contributed by atoms with Gasteiger partial charge in [0, 0.05) is 22.6 Å². The van der Waals surface area contributed by atoms with Crippen molar-refractivity contribution in [1.82, 2.24) is 9.88 Å². The average molecular weight is 599 g/mol. The van der Waals surface area contributed by atoms with Crippen molar-refractivity contribution in [2.24, 2.45) is 0 Å². The molecule has 5 rings (SSSR count). The topological polar surface area (TPSA) is 141 Å². The molecule has 2 aliphatic rings. The number of benzene rings is 2. The number of H-pyrrole nitrogens is 1. The Bertz CT molecular complexity index is 1670. The van der Waals surface area contributed by atoms with Gasteiger partial charge in [0.1, 0.15) is 0 Å². The Morgan fingerprint density at radius 2 is 1.73 bits per heavy atom. The zero-order chi connectivity index (χ0) is 28.8. The number of quaternary nitrogens is 1. The fourth-order valence-corrected chi connectivity index (χ4v) is 6.55. The van der Waals surface area contributed by atoms with Crippen LogP contribution in [0.2, 0.25) is 0 Å². The number of likely N-dealkylation sites (N-methyl/N-ethyl adjacent to an activating group) is 1. The number of aromatic carboxylic acids is 1. The molecule has 10 nitrogen and oxygen atoms in total. The number of carbonyl (C=O) groups is 3. The predicted octanol–water partition coefficient (Wildman–Crippen LogP) is -1.23. The third-order valence-electron chi connectivity index (χ3n) is 7.57. The molecule has 216 valence electrons. The molecule has 3 aromatic rings. The number of anilines is 1. The number of hydrogen-bond acceptors (Lipinski definition) is 5.